The van der Waals surface area contributed by atoms with Crippen molar-refractivity contribution in [2.45, 2.75) is 39.3 Å². The zero-order valence-electron chi connectivity index (χ0n) is 13.5. The Bertz CT molecular complexity index is 551. The van der Waals surface area contributed by atoms with E-state index in [2.05, 4.69) is 80.7 Å². The van der Waals surface area contributed by atoms with Gasteiger partial charge in [-0.05, 0) is 17.7 Å². The first-order chi connectivity index (χ1) is 9.18. The molecule has 3 heteroatoms. The van der Waals surface area contributed by atoms with Gasteiger partial charge in [0.1, 0.15) is 0 Å². The molecular weight excluding hydrogens is 274 g/mol. The Morgan fingerprint density at radius 3 is 1.95 bits per heavy atom. The fourth-order valence-electron chi connectivity index (χ4n) is 2.20. The number of hydrogen-bond acceptors (Lipinski definition) is 1. The summed E-state index contributed by atoms with van der Waals surface area (Å²) < 4.78 is 0. The second kappa shape index (κ2) is 5.30. The molecule has 20 heavy (non-hydrogen) atoms. The number of pyridine rings is 1. The van der Waals surface area contributed by atoms with Crippen molar-refractivity contribution >= 4 is 26.5 Å². The van der Waals surface area contributed by atoms with Gasteiger partial charge in [0.2, 0.25) is 0 Å². The van der Waals surface area contributed by atoms with Gasteiger partial charge in [-0.1, -0.05) is 73.9 Å². The van der Waals surface area contributed by atoms with Crippen molar-refractivity contribution in [2.24, 2.45) is 0 Å². The van der Waals surface area contributed by atoms with Crippen LogP contribution in [-0.4, -0.2) is 21.1 Å². The average Bonchev–Trinajstić information content (AvgIpc) is 2.37. The Balaban J connectivity index is 2.47. The molecule has 0 aliphatic heterocycles. The van der Waals surface area contributed by atoms with E-state index in [0.717, 1.165) is 5.69 Å². The molecule has 0 fully saturated rings. The van der Waals surface area contributed by atoms with Crippen LogP contribution >= 0.6 is 0 Å². The van der Waals surface area contributed by atoms with Crippen LogP contribution in [-0.2, 0) is 0 Å². The highest BCUT2D eigenvalue weighted by Crippen LogP contribution is 2.17. The van der Waals surface area contributed by atoms with Gasteiger partial charge in [0.15, 0.2) is 0 Å². The van der Waals surface area contributed by atoms with E-state index in [4.69, 9.17) is 0 Å². The summed E-state index contributed by atoms with van der Waals surface area (Å²) in [5.41, 5.74) is 2.37. The zero-order chi connectivity index (χ0) is 15.0. The fourth-order valence-corrected chi connectivity index (χ4v) is 4.53. The molecule has 2 rings (SSSR count). The normalized spacial score (nSPS) is 12.5. The molecule has 0 radical (unpaired) electrons. The van der Waals surface area contributed by atoms with E-state index in [1.807, 2.05) is 6.20 Å². The summed E-state index contributed by atoms with van der Waals surface area (Å²) in [5.74, 6) is 0. The number of rotatable bonds is 3. The van der Waals surface area contributed by atoms with Gasteiger partial charge in [-0.2, -0.15) is 0 Å². The Kier molecular flexibility index (Phi) is 4.03. The monoisotopic (exact) mass is 299 g/mol. The first-order valence-electron chi connectivity index (χ1n) is 7.25. The maximum atomic E-state index is 4.58. The molecule has 1 aromatic carbocycles. The predicted molar refractivity (Wildman–Crippen MR) is 95.6 cm³/mol. The zero-order valence-corrected chi connectivity index (χ0v) is 15.5. The van der Waals surface area contributed by atoms with E-state index >= 15 is 0 Å². The van der Waals surface area contributed by atoms with Gasteiger partial charge < -0.3 is 0 Å². The Morgan fingerprint density at radius 1 is 0.750 bits per heavy atom. The molecule has 0 amide bonds. The SMILES string of the molecule is C[Si](C)(C)c1cccc(-c2cc([Si](C)(C)C)ccn2)c1. The highest BCUT2D eigenvalue weighted by Gasteiger charge is 2.19. The summed E-state index contributed by atoms with van der Waals surface area (Å²) in [4.78, 5) is 4.58. The molecule has 0 aliphatic carbocycles. The van der Waals surface area contributed by atoms with E-state index in [1.54, 1.807) is 0 Å². The molecule has 0 aliphatic rings. The topological polar surface area (TPSA) is 12.9 Å². The van der Waals surface area contributed by atoms with Gasteiger partial charge >= 0.3 is 0 Å². The molecule has 0 spiro atoms. The summed E-state index contributed by atoms with van der Waals surface area (Å²) in [5, 5.41) is 2.97. The summed E-state index contributed by atoms with van der Waals surface area (Å²) >= 11 is 0. The molecule has 1 nitrogen and oxygen atoms in total. The lowest BCUT2D eigenvalue weighted by molar-refractivity contribution is 1.33. The van der Waals surface area contributed by atoms with Gasteiger partial charge in [0.05, 0.1) is 21.8 Å². The Morgan fingerprint density at radius 2 is 1.35 bits per heavy atom. The second-order valence-electron chi connectivity index (χ2n) is 7.51. The minimum Gasteiger partial charge on any atom is -0.256 e. The van der Waals surface area contributed by atoms with Crippen molar-refractivity contribution in [3.63, 3.8) is 0 Å². The summed E-state index contributed by atoms with van der Waals surface area (Å²) in [6.45, 7) is 14.3. The third-order valence-corrected chi connectivity index (χ3v) is 7.74. The smallest absolute Gasteiger partial charge is 0.0777 e. The molecule has 0 atom stereocenters. The van der Waals surface area contributed by atoms with E-state index in [9.17, 15) is 0 Å². The first-order valence-corrected chi connectivity index (χ1v) is 14.3. The van der Waals surface area contributed by atoms with E-state index < -0.39 is 16.1 Å². The Labute approximate surface area is 125 Å². The van der Waals surface area contributed by atoms with Crippen LogP contribution in [0.3, 0.4) is 0 Å². The molecule has 106 valence electrons. The Hall–Kier alpha value is -1.20. The molecule has 1 heterocycles. The van der Waals surface area contributed by atoms with E-state index in [0.29, 0.717) is 0 Å². The van der Waals surface area contributed by atoms with Gasteiger partial charge in [-0.25, -0.2) is 0 Å². The largest absolute Gasteiger partial charge is 0.256 e. The summed E-state index contributed by atoms with van der Waals surface area (Å²) in [6.07, 6.45) is 1.96. The van der Waals surface area contributed by atoms with Crippen LogP contribution in [0, 0.1) is 0 Å². The van der Waals surface area contributed by atoms with Crippen molar-refractivity contribution < 1.29 is 0 Å². The lowest BCUT2D eigenvalue weighted by Crippen LogP contribution is -2.38. The molecule has 0 N–H and O–H groups in total. The maximum absolute atomic E-state index is 4.58. The van der Waals surface area contributed by atoms with Gasteiger partial charge in [0.25, 0.3) is 0 Å². The lowest BCUT2D eigenvalue weighted by Gasteiger charge is -2.19. The van der Waals surface area contributed by atoms with Gasteiger partial charge in [-0.3, -0.25) is 4.98 Å². The van der Waals surface area contributed by atoms with Crippen LogP contribution in [0.5, 0.6) is 0 Å². The summed E-state index contributed by atoms with van der Waals surface area (Å²) in [6, 6.07) is 13.4. The van der Waals surface area contributed by atoms with Crippen LogP contribution in [0.4, 0.5) is 0 Å². The number of aromatic nitrogens is 1. The molecule has 2 aromatic rings. The molecule has 1 aromatic heterocycles. The van der Waals surface area contributed by atoms with Crippen LogP contribution in [0.25, 0.3) is 11.3 Å². The van der Waals surface area contributed by atoms with Crippen LogP contribution in [0.2, 0.25) is 39.3 Å². The van der Waals surface area contributed by atoms with Crippen molar-refractivity contribution in [1.29, 1.82) is 0 Å². The molecule has 0 saturated heterocycles. The van der Waals surface area contributed by atoms with Crippen LogP contribution < -0.4 is 10.4 Å². The van der Waals surface area contributed by atoms with E-state index in [-0.39, 0.29) is 0 Å². The van der Waals surface area contributed by atoms with Crippen LogP contribution in [0.1, 0.15) is 0 Å². The highest BCUT2D eigenvalue weighted by molar-refractivity contribution is 6.89. The molecule has 0 saturated carbocycles. The van der Waals surface area contributed by atoms with Crippen molar-refractivity contribution in [2.75, 3.05) is 0 Å². The minimum absolute atomic E-state index is 1.12. The van der Waals surface area contributed by atoms with Crippen LogP contribution in [0.15, 0.2) is 42.6 Å². The maximum Gasteiger partial charge on any atom is 0.0777 e. The standard InChI is InChI=1S/C17H25NSi2/c1-19(2,3)15-9-7-8-14(12-15)17-13-16(10-11-18-17)20(4,5)6/h7-13H,1-6H3. The molecule has 0 bridgehead atoms. The van der Waals surface area contributed by atoms with Crippen molar-refractivity contribution in [3.05, 3.63) is 42.6 Å². The third-order valence-electron chi connectivity index (χ3n) is 3.65. The van der Waals surface area contributed by atoms with Gasteiger partial charge in [-0.15, -0.1) is 0 Å². The van der Waals surface area contributed by atoms with Crippen molar-refractivity contribution in [1.82, 2.24) is 4.98 Å². The lowest BCUT2D eigenvalue weighted by atomic mass is 10.1. The number of hydrogen-bond donors (Lipinski definition) is 0. The van der Waals surface area contributed by atoms with Crippen molar-refractivity contribution in [3.8, 4) is 11.3 Å². The van der Waals surface area contributed by atoms with E-state index in [1.165, 1.54) is 15.9 Å². The second-order valence-corrected chi connectivity index (χ2v) is 17.7. The number of nitrogens with zero attached hydrogens (tertiary/aromatic N) is 1. The number of benzene rings is 1. The van der Waals surface area contributed by atoms with Gasteiger partial charge in [0, 0.05) is 6.20 Å². The average molecular weight is 300 g/mol. The third kappa shape index (κ3) is 3.46. The quantitative estimate of drug-likeness (QED) is 0.785. The predicted octanol–water partition coefficient (Wildman–Crippen LogP) is 3.84. The summed E-state index contributed by atoms with van der Waals surface area (Å²) in [7, 11) is -2.55. The fraction of sp³-hybridized carbons (Fsp3) is 0.353. The highest BCUT2D eigenvalue weighted by atomic mass is 28.3. The first kappa shape index (κ1) is 15.2. The minimum atomic E-state index is -1.28. The molecular formula is C17H25NSi2. The molecule has 0 unspecified atom stereocenters.